The number of nitrogens with zero attached hydrogens (tertiary/aromatic N) is 4. The fourth-order valence-corrected chi connectivity index (χ4v) is 2.94. The molecular formula is C17H23N5O2. The number of hydrogen-bond acceptors (Lipinski definition) is 5. The lowest BCUT2D eigenvalue weighted by Crippen LogP contribution is -2.45. The maximum atomic E-state index is 12.3. The van der Waals surface area contributed by atoms with Crippen molar-refractivity contribution in [2.24, 2.45) is 0 Å². The zero-order valence-electron chi connectivity index (χ0n) is 14.1. The minimum absolute atomic E-state index is 0.168. The summed E-state index contributed by atoms with van der Waals surface area (Å²) in [4.78, 5) is 18.7. The van der Waals surface area contributed by atoms with Gasteiger partial charge in [-0.15, -0.1) is 0 Å². The molecule has 2 aromatic rings. The lowest BCUT2D eigenvalue weighted by Gasteiger charge is -2.36. The molecule has 1 aliphatic heterocycles. The van der Waals surface area contributed by atoms with Crippen molar-refractivity contribution in [1.82, 2.24) is 20.1 Å². The smallest absolute Gasteiger partial charge is 0.270 e. The van der Waals surface area contributed by atoms with Crippen LogP contribution in [0.1, 0.15) is 24.3 Å². The van der Waals surface area contributed by atoms with Gasteiger partial charge in [-0.1, -0.05) is 0 Å². The number of hydrogen-bond donors (Lipinski definition) is 1. The summed E-state index contributed by atoms with van der Waals surface area (Å²) in [5.41, 5.74) is 1.43. The van der Waals surface area contributed by atoms with E-state index in [4.69, 9.17) is 4.74 Å². The molecule has 1 fully saturated rings. The molecule has 1 saturated heterocycles. The highest BCUT2D eigenvalue weighted by Gasteiger charge is 2.23. The Morgan fingerprint density at radius 3 is 2.83 bits per heavy atom. The second kappa shape index (κ2) is 7.44. The van der Waals surface area contributed by atoms with Gasteiger partial charge >= 0.3 is 0 Å². The molecule has 0 unspecified atom stereocenters. The number of anilines is 1. The second-order valence-corrected chi connectivity index (χ2v) is 6.09. The third kappa shape index (κ3) is 4.11. The fourth-order valence-electron chi connectivity index (χ4n) is 2.94. The summed E-state index contributed by atoms with van der Waals surface area (Å²) in [6, 6.07) is 5.64. The molecule has 1 N–H and O–H groups in total. The lowest BCUT2D eigenvalue weighted by molar-refractivity contribution is -0.00522. The first-order valence-corrected chi connectivity index (χ1v) is 8.24. The van der Waals surface area contributed by atoms with Gasteiger partial charge in [0.2, 0.25) is 0 Å². The van der Waals surface area contributed by atoms with Gasteiger partial charge < -0.3 is 15.0 Å². The van der Waals surface area contributed by atoms with Crippen LogP contribution in [0.4, 0.5) is 5.69 Å². The van der Waals surface area contributed by atoms with Gasteiger partial charge in [-0.3, -0.25) is 14.5 Å². The molecule has 1 aliphatic rings. The number of pyridine rings is 1. The van der Waals surface area contributed by atoms with E-state index in [1.165, 1.54) is 0 Å². The topological polar surface area (TPSA) is 72.3 Å². The standard InChI is InChI=1S/C17H23N5O2/c1-13-11-21(12-14(2)24-13)15-4-6-18-16(10-15)17(23)19-7-9-22-8-3-5-20-22/h3-6,8,10,13-14H,7,9,11-12H2,1-2H3,(H,19,23)/t13-,14-/m0/s1. The Labute approximate surface area is 141 Å². The summed E-state index contributed by atoms with van der Waals surface area (Å²) < 4.78 is 7.54. The van der Waals surface area contributed by atoms with Crippen LogP contribution in [0.25, 0.3) is 0 Å². The van der Waals surface area contributed by atoms with E-state index in [0.717, 1.165) is 18.8 Å². The average Bonchev–Trinajstić information content (AvgIpc) is 3.07. The molecule has 3 rings (SSSR count). The van der Waals surface area contributed by atoms with Crippen molar-refractivity contribution >= 4 is 11.6 Å². The molecule has 1 amide bonds. The maximum Gasteiger partial charge on any atom is 0.270 e. The molecule has 24 heavy (non-hydrogen) atoms. The Morgan fingerprint density at radius 2 is 2.12 bits per heavy atom. The third-order valence-corrected chi connectivity index (χ3v) is 3.95. The van der Waals surface area contributed by atoms with E-state index >= 15 is 0 Å². The van der Waals surface area contributed by atoms with Crippen LogP contribution in [0.15, 0.2) is 36.8 Å². The Balaban J connectivity index is 1.60. The van der Waals surface area contributed by atoms with Crippen LogP contribution in [0.2, 0.25) is 0 Å². The highest BCUT2D eigenvalue weighted by Crippen LogP contribution is 2.20. The van der Waals surface area contributed by atoms with E-state index in [-0.39, 0.29) is 18.1 Å². The zero-order valence-corrected chi connectivity index (χ0v) is 14.1. The van der Waals surface area contributed by atoms with Crippen LogP contribution in [0, 0.1) is 0 Å². The molecule has 0 spiro atoms. The molecule has 0 aromatic carbocycles. The number of nitrogens with one attached hydrogen (secondary N) is 1. The van der Waals surface area contributed by atoms with E-state index < -0.39 is 0 Å². The molecule has 128 valence electrons. The van der Waals surface area contributed by atoms with E-state index in [1.54, 1.807) is 17.1 Å². The molecule has 3 heterocycles. The van der Waals surface area contributed by atoms with Crippen molar-refractivity contribution in [3.8, 4) is 0 Å². The number of morpholine rings is 1. The zero-order chi connectivity index (χ0) is 16.9. The van der Waals surface area contributed by atoms with Gasteiger partial charge in [-0.25, -0.2) is 0 Å². The first-order chi connectivity index (χ1) is 11.6. The first-order valence-electron chi connectivity index (χ1n) is 8.24. The quantitative estimate of drug-likeness (QED) is 0.896. The maximum absolute atomic E-state index is 12.3. The molecule has 0 radical (unpaired) electrons. The van der Waals surface area contributed by atoms with Crippen LogP contribution in [0.5, 0.6) is 0 Å². The summed E-state index contributed by atoms with van der Waals surface area (Å²) >= 11 is 0. The minimum atomic E-state index is -0.168. The number of carbonyl (C=O) groups is 1. The van der Waals surface area contributed by atoms with Crippen LogP contribution in [-0.4, -0.2) is 52.5 Å². The molecular weight excluding hydrogens is 306 g/mol. The Bertz CT molecular complexity index is 663. The van der Waals surface area contributed by atoms with Crippen molar-refractivity contribution in [2.75, 3.05) is 24.5 Å². The molecule has 0 aliphatic carbocycles. The molecule has 0 bridgehead atoms. The van der Waals surface area contributed by atoms with E-state index in [1.807, 2.05) is 24.4 Å². The third-order valence-electron chi connectivity index (χ3n) is 3.95. The summed E-state index contributed by atoms with van der Waals surface area (Å²) in [6.45, 7) is 6.90. The molecule has 2 aromatic heterocycles. The molecule has 7 nitrogen and oxygen atoms in total. The fraction of sp³-hybridized carbons (Fsp3) is 0.471. The lowest BCUT2D eigenvalue weighted by atomic mass is 10.2. The van der Waals surface area contributed by atoms with Crippen LogP contribution in [0.3, 0.4) is 0 Å². The monoisotopic (exact) mass is 329 g/mol. The molecule has 7 heteroatoms. The Hall–Kier alpha value is -2.41. The summed E-state index contributed by atoms with van der Waals surface area (Å²) in [7, 11) is 0. The molecule has 0 saturated carbocycles. The number of amides is 1. The van der Waals surface area contributed by atoms with Gasteiger partial charge in [0.15, 0.2) is 0 Å². The minimum Gasteiger partial charge on any atom is -0.372 e. The van der Waals surface area contributed by atoms with Crippen LogP contribution < -0.4 is 10.2 Å². The average molecular weight is 329 g/mol. The highest BCUT2D eigenvalue weighted by molar-refractivity contribution is 5.93. The van der Waals surface area contributed by atoms with Gasteiger partial charge in [0, 0.05) is 43.9 Å². The van der Waals surface area contributed by atoms with Crippen molar-refractivity contribution in [1.29, 1.82) is 0 Å². The largest absolute Gasteiger partial charge is 0.372 e. The van der Waals surface area contributed by atoms with E-state index in [0.29, 0.717) is 18.8 Å². The number of aromatic nitrogens is 3. The second-order valence-electron chi connectivity index (χ2n) is 6.09. The van der Waals surface area contributed by atoms with Crippen molar-refractivity contribution in [2.45, 2.75) is 32.6 Å². The highest BCUT2D eigenvalue weighted by atomic mass is 16.5. The predicted octanol–water partition coefficient (Wildman–Crippen LogP) is 1.32. The van der Waals surface area contributed by atoms with Gasteiger partial charge in [0.05, 0.1) is 18.8 Å². The predicted molar refractivity (Wildman–Crippen MR) is 91.0 cm³/mol. The summed E-state index contributed by atoms with van der Waals surface area (Å²) in [5, 5.41) is 6.99. The SMILES string of the molecule is C[C@H]1CN(c2ccnc(C(=O)NCCn3cccn3)c2)C[C@H](C)O1. The summed E-state index contributed by atoms with van der Waals surface area (Å²) in [5.74, 6) is -0.168. The normalized spacial score (nSPS) is 20.8. The number of carbonyl (C=O) groups excluding carboxylic acids is 1. The van der Waals surface area contributed by atoms with Gasteiger partial charge in [0.25, 0.3) is 5.91 Å². The van der Waals surface area contributed by atoms with Gasteiger partial charge in [0.1, 0.15) is 5.69 Å². The van der Waals surface area contributed by atoms with Gasteiger partial charge in [-0.2, -0.15) is 5.10 Å². The number of rotatable bonds is 5. The van der Waals surface area contributed by atoms with Crippen LogP contribution >= 0.6 is 0 Å². The van der Waals surface area contributed by atoms with Crippen molar-refractivity contribution in [3.63, 3.8) is 0 Å². The number of ether oxygens (including phenoxy) is 1. The van der Waals surface area contributed by atoms with Crippen LogP contribution in [-0.2, 0) is 11.3 Å². The Morgan fingerprint density at radius 1 is 1.33 bits per heavy atom. The first kappa shape index (κ1) is 16.4. The van der Waals surface area contributed by atoms with Crippen molar-refractivity contribution < 1.29 is 9.53 Å². The van der Waals surface area contributed by atoms with E-state index in [2.05, 4.69) is 34.1 Å². The van der Waals surface area contributed by atoms with Crippen molar-refractivity contribution in [3.05, 3.63) is 42.5 Å². The summed E-state index contributed by atoms with van der Waals surface area (Å²) in [6.07, 6.45) is 5.62. The molecule has 2 atom stereocenters. The van der Waals surface area contributed by atoms with Gasteiger partial charge in [-0.05, 0) is 32.0 Å². The Kier molecular flexibility index (Phi) is 5.10. The van der Waals surface area contributed by atoms with E-state index in [9.17, 15) is 4.79 Å².